The summed E-state index contributed by atoms with van der Waals surface area (Å²) in [5.74, 6) is 0.509. The van der Waals surface area contributed by atoms with E-state index in [2.05, 4.69) is 9.97 Å². The number of nitrogens with zero attached hydrogens (tertiary/aromatic N) is 2. The van der Waals surface area contributed by atoms with Crippen LogP contribution in [0.5, 0.6) is 0 Å². The fraction of sp³-hybridized carbons (Fsp3) is 0.333. The predicted octanol–water partition coefficient (Wildman–Crippen LogP) is 2.60. The van der Waals surface area contributed by atoms with Crippen molar-refractivity contribution in [2.75, 3.05) is 0 Å². The molecule has 1 aromatic heterocycles. The molecule has 1 heterocycles. The minimum absolute atomic E-state index is 0.373. The van der Waals surface area contributed by atoms with Crippen molar-refractivity contribution in [3.63, 3.8) is 0 Å². The molecule has 0 saturated heterocycles. The van der Waals surface area contributed by atoms with Crippen molar-refractivity contribution in [3.8, 4) is 0 Å². The summed E-state index contributed by atoms with van der Waals surface area (Å²) in [4.78, 5) is 8.29. The van der Waals surface area contributed by atoms with Crippen LogP contribution >= 0.6 is 0 Å². The first-order valence-corrected chi connectivity index (χ1v) is 5.52. The fourth-order valence-corrected chi connectivity index (χ4v) is 1.81. The predicted molar refractivity (Wildman–Crippen MR) is 59.6 cm³/mol. The highest BCUT2D eigenvalue weighted by Gasteiger charge is 2.43. The Hall–Kier alpha value is -1.69. The fourth-order valence-electron chi connectivity index (χ4n) is 1.81. The molecule has 2 aromatic rings. The first-order valence-electron chi connectivity index (χ1n) is 5.52. The van der Waals surface area contributed by atoms with Crippen LogP contribution in [0.15, 0.2) is 24.4 Å². The van der Waals surface area contributed by atoms with Crippen molar-refractivity contribution in [1.29, 1.82) is 0 Å². The van der Waals surface area contributed by atoms with E-state index in [9.17, 15) is 13.2 Å². The molecule has 1 aromatic carbocycles. The highest BCUT2D eigenvalue weighted by molar-refractivity contribution is 5.78. The minimum atomic E-state index is -4.35. The zero-order chi connectivity index (χ0) is 13.0. The van der Waals surface area contributed by atoms with E-state index >= 15 is 0 Å². The maximum atomic E-state index is 12.5. The van der Waals surface area contributed by atoms with Gasteiger partial charge in [-0.1, -0.05) is 0 Å². The molecule has 0 unspecified atom stereocenters. The number of fused-ring (bicyclic) bond motifs is 1. The van der Waals surface area contributed by atoms with Crippen molar-refractivity contribution < 1.29 is 13.2 Å². The molecule has 0 radical (unpaired) electrons. The van der Waals surface area contributed by atoms with Crippen molar-refractivity contribution in [1.82, 2.24) is 9.97 Å². The molecule has 2 N–H and O–H groups in total. The third-order valence-electron chi connectivity index (χ3n) is 3.14. The summed E-state index contributed by atoms with van der Waals surface area (Å²) in [7, 11) is 0. The highest BCUT2D eigenvalue weighted by atomic mass is 19.4. The van der Waals surface area contributed by atoms with Gasteiger partial charge in [-0.2, -0.15) is 13.2 Å². The van der Waals surface area contributed by atoms with Crippen LogP contribution in [0, 0.1) is 0 Å². The molecule has 18 heavy (non-hydrogen) atoms. The minimum Gasteiger partial charge on any atom is -0.319 e. The second-order valence-electron chi connectivity index (χ2n) is 4.62. The molecular weight excluding hydrogens is 243 g/mol. The maximum Gasteiger partial charge on any atom is 0.416 e. The molecular formula is C12H10F3N3. The molecule has 6 heteroatoms. The molecule has 0 spiro atoms. The van der Waals surface area contributed by atoms with Gasteiger partial charge in [0.2, 0.25) is 0 Å². The lowest BCUT2D eigenvalue weighted by Crippen LogP contribution is -2.22. The van der Waals surface area contributed by atoms with Crippen LogP contribution in [0.3, 0.4) is 0 Å². The zero-order valence-corrected chi connectivity index (χ0v) is 9.33. The number of hydrogen-bond acceptors (Lipinski definition) is 3. The number of alkyl halides is 3. The lowest BCUT2D eigenvalue weighted by atomic mass is 10.1. The first kappa shape index (κ1) is 11.4. The van der Waals surface area contributed by atoms with Gasteiger partial charge in [-0.25, -0.2) is 9.97 Å². The number of benzene rings is 1. The van der Waals surface area contributed by atoms with E-state index in [1.165, 1.54) is 12.3 Å². The van der Waals surface area contributed by atoms with E-state index in [1.807, 2.05) is 0 Å². The van der Waals surface area contributed by atoms with Crippen LogP contribution in [-0.2, 0) is 11.7 Å². The van der Waals surface area contributed by atoms with Gasteiger partial charge in [0.05, 0.1) is 16.6 Å². The standard InChI is InChI=1S/C12H10F3N3/c13-12(14,15)8-1-2-9-7(5-8)6-17-10(18-9)11(16)3-4-11/h1-2,5-6H,3-4,16H2. The number of aromatic nitrogens is 2. The summed E-state index contributed by atoms with van der Waals surface area (Å²) in [5.41, 5.74) is 5.27. The van der Waals surface area contributed by atoms with Crippen molar-refractivity contribution in [2.24, 2.45) is 5.73 Å². The average molecular weight is 253 g/mol. The number of nitrogens with two attached hydrogens (primary N) is 1. The van der Waals surface area contributed by atoms with Gasteiger partial charge in [-0.3, -0.25) is 0 Å². The Kier molecular flexibility index (Phi) is 2.16. The van der Waals surface area contributed by atoms with Gasteiger partial charge in [-0.05, 0) is 31.0 Å². The lowest BCUT2D eigenvalue weighted by Gasteiger charge is -2.10. The summed E-state index contributed by atoms with van der Waals surface area (Å²) in [5, 5.41) is 0.373. The first-order chi connectivity index (χ1) is 8.38. The summed E-state index contributed by atoms with van der Waals surface area (Å²) in [6.45, 7) is 0. The van der Waals surface area contributed by atoms with E-state index in [-0.39, 0.29) is 0 Å². The maximum absolute atomic E-state index is 12.5. The van der Waals surface area contributed by atoms with Crippen LogP contribution in [0.4, 0.5) is 13.2 Å². The smallest absolute Gasteiger partial charge is 0.319 e. The number of halogens is 3. The van der Waals surface area contributed by atoms with E-state index < -0.39 is 17.3 Å². The second-order valence-corrected chi connectivity index (χ2v) is 4.62. The third kappa shape index (κ3) is 1.82. The van der Waals surface area contributed by atoms with Gasteiger partial charge in [0.15, 0.2) is 0 Å². The van der Waals surface area contributed by atoms with Crippen LogP contribution in [0.1, 0.15) is 24.2 Å². The molecule has 0 amide bonds. The van der Waals surface area contributed by atoms with Crippen molar-refractivity contribution in [3.05, 3.63) is 35.8 Å². The molecule has 1 fully saturated rings. The van der Waals surface area contributed by atoms with Crippen LogP contribution < -0.4 is 5.73 Å². The summed E-state index contributed by atoms with van der Waals surface area (Å²) in [6, 6.07) is 3.43. The van der Waals surface area contributed by atoms with Gasteiger partial charge in [0.1, 0.15) is 5.82 Å². The number of rotatable bonds is 1. The Bertz CT molecular complexity index is 573. The lowest BCUT2D eigenvalue weighted by molar-refractivity contribution is -0.137. The zero-order valence-electron chi connectivity index (χ0n) is 9.33. The van der Waals surface area contributed by atoms with E-state index in [4.69, 9.17) is 5.73 Å². The van der Waals surface area contributed by atoms with Gasteiger partial charge >= 0.3 is 6.18 Å². The molecule has 1 aliphatic rings. The monoisotopic (exact) mass is 253 g/mol. The summed E-state index contributed by atoms with van der Waals surface area (Å²) < 4.78 is 37.6. The quantitative estimate of drug-likeness (QED) is 0.849. The van der Waals surface area contributed by atoms with E-state index in [0.717, 1.165) is 25.0 Å². The molecule has 3 rings (SSSR count). The van der Waals surface area contributed by atoms with Crippen LogP contribution in [0.2, 0.25) is 0 Å². The van der Waals surface area contributed by atoms with Gasteiger partial charge in [0, 0.05) is 11.6 Å². The van der Waals surface area contributed by atoms with Crippen molar-refractivity contribution >= 4 is 10.9 Å². The van der Waals surface area contributed by atoms with Gasteiger partial charge < -0.3 is 5.73 Å². The van der Waals surface area contributed by atoms with Crippen LogP contribution in [0.25, 0.3) is 10.9 Å². The normalized spacial score (nSPS) is 18.0. The Morgan fingerprint density at radius 1 is 1.22 bits per heavy atom. The molecule has 0 bridgehead atoms. The molecule has 1 saturated carbocycles. The Balaban J connectivity index is 2.09. The van der Waals surface area contributed by atoms with E-state index in [1.54, 1.807) is 0 Å². The highest BCUT2D eigenvalue weighted by Crippen LogP contribution is 2.41. The largest absolute Gasteiger partial charge is 0.416 e. The van der Waals surface area contributed by atoms with E-state index in [0.29, 0.717) is 16.7 Å². The second kappa shape index (κ2) is 3.41. The van der Waals surface area contributed by atoms with Gasteiger partial charge in [0.25, 0.3) is 0 Å². The Labute approximate surface area is 101 Å². The van der Waals surface area contributed by atoms with Gasteiger partial charge in [-0.15, -0.1) is 0 Å². The molecule has 0 aliphatic heterocycles. The Morgan fingerprint density at radius 3 is 2.56 bits per heavy atom. The molecule has 3 nitrogen and oxygen atoms in total. The Morgan fingerprint density at radius 2 is 1.94 bits per heavy atom. The van der Waals surface area contributed by atoms with Crippen LogP contribution in [-0.4, -0.2) is 9.97 Å². The third-order valence-corrected chi connectivity index (χ3v) is 3.14. The number of hydrogen-bond donors (Lipinski definition) is 1. The SMILES string of the molecule is NC1(c2ncc3cc(C(F)(F)F)ccc3n2)CC1. The molecule has 94 valence electrons. The summed E-state index contributed by atoms with van der Waals surface area (Å²) in [6.07, 6.45) is -1.31. The molecule has 0 atom stereocenters. The topological polar surface area (TPSA) is 51.8 Å². The molecule has 1 aliphatic carbocycles. The average Bonchev–Trinajstić information content (AvgIpc) is 3.06. The van der Waals surface area contributed by atoms with Crippen molar-refractivity contribution in [2.45, 2.75) is 24.6 Å². The summed E-state index contributed by atoms with van der Waals surface area (Å²) >= 11 is 0.